The number of ether oxygens (including phenoxy) is 1. The third-order valence-corrected chi connectivity index (χ3v) is 3.98. The van der Waals surface area contributed by atoms with E-state index in [4.69, 9.17) is 21.4 Å². The van der Waals surface area contributed by atoms with Gasteiger partial charge in [0.1, 0.15) is 12.3 Å². The maximum atomic E-state index is 12.2. The molecule has 0 aliphatic heterocycles. The molecule has 0 bridgehead atoms. The number of aromatic nitrogens is 2. The summed E-state index contributed by atoms with van der Waals surface area (Å²) in [6.45, 7) is 4.03. The van der Waals surface area contributed by atoms with Crippen LogP contribution in [0.2, 0.25) is 0 Å². The molecule has 0 aliphatic rings. The van der Waals surface area contributed by atoms with Crippen LogP contribution in [-0.4, -0.2) is 15.7 Å². The van der Waals surface area contributed by atoms with Gasteiger partial charge in [0, 0.05) is 5.69 Å². The van der Waals surface area contributed by atoms with E-state index in [9.17, 15) is 4.79 Å². The third kappa shape index (κ3) is 4.58. The van der Waals surface area contributed by atoms with Gasteiger partial charge in [-0.05, 0) is 55.4 Å². The normalized spacial score (nSPS) is 10.5. The van der Waals surface area contributed by atoms with E-state index in [0.29, 0.717) is 5.89 Å². The van der Waals surface area contributed by atoms with E-state index in [2.05, 4.69) is 10.4 Å². The molecule has 3 rings (SSSR count). The highest BCUT2D eigenvalue weighted by atomic mass is 32.1. The average Bonchev–Trinajstić information content (AvgIpc) is 2.94. The lowest BCUT2D eigenvalue weighted by atomic mass is 10.2. The Labute approximate surface area is 156 Å². The van der Waals surface area contributed by atoms with E-state index in [1.807, 2.05) is 62.4 Å². The Bertz CT molecular complexity index is 978. The fraction of sp³-hybridized carbons (Fsp3) is 0.211. The number of rotatable bonds is 6. The molecule has 134 valence electrons. The molecular weight excluding hydrogens is 350 g/mol. The molecule has 3 aromatic rings. The first-order valence-electron chi connectivity index (χ1n) is 8.13. The second-order valence-electron chi connectivity index (χ2n) is 5.89. The van der Waals surface area contributed by atoms with Gasteiger partial charge in [0.2, 0.25) is 5.91 Å². The number of carbonyl (C=O) groups is 1. The fourth-order valence-electron chi connectivity index (χ4n) is 2.42. The number of para-hydroxylation sites is 1. The predicted molar refractivity (Wildman–Crippen MR) is 101 cm³/mol. The van der Waals surface area contributed by atoms with Crippen LogP contribution in [0, 0.1) is 18.7 Å². The van der Waals surface area contributed by atoms with E-state index in [0.717, 1.165) is 22.6 Å². The Kier molecular flexibility index (Phi) is 5.48. The van der Waals surface area contributed by atoms with Crippen molar-refractivity contribution < 1.29 is 13.9 Å². The lowest BCUT2D eigenvalue weighted by Gasteiger charge is -2.06. The zero-order valence-corrected chi connectivity index (χ0v) is 15.4. The molecule has 0 aliphatic carbocycles. The standard InChI is InChI=1S/C19H19N3O3S/c1-13-6-5-8-15(10-13)20-17(23)11-22-19(26)25-18(21-22)12-24-16-9-4-3-7-14(16)2/h3-10H,11-12H2,1-2H3,(H,20,23). The minimum atomic E-state index is -0.230. The van der Waals surface area contributed by atoms with Gasteiger partial charge in [-0.2, -0.15) is 0 Å². The SMILES string of the molecule is Cc1cccc(NC(=O)Cn2nc(COc3ccccc3C)oc2=S)c1. The molecule has 0 saturated heterocycles. The second kappa shape index (κ2) is 7.97. The van der Waals surface area contributed by atoms with E-state index >= 15 is 0 Å². The summed E-state index contributed by atoms with van der Waals surface area (Å²) in [4.78, 5) is 12.3. The van der Waals surface area contributed by atoms with E-state index < -0.39 is 0 Å². The number of aryl methyl sites for hydroxylation is 2. The van der Waals surface area contributed by atoms with Crippen molar-refractivity contribution in [3.8, 4) is 5.75 Å². The Morgan fingerprint density at radius 2 is 2.04 bits per heavy atom. The molecule has 0 unspecified atom stereocenters. The van der Waals surface area contributed by atoms with E-state index in [1.54, 1.807) is 0 Å². The number of anilines is 1. The molecule has 2 aromatic carbocycles. The number of benzene rings is 2. The first-order valence-corrected chi connectivity index (χ1v) is 8.54. The zero-order valence-electron chi connectivity index (χ0n) is 14.6. The van der Waals surface area contributed by atoms with Crippen molar-refractivity contribution in [1.82, 2.24) is 9.78 Å². The molecule has 0 radical (unpaired) electrons. The number of hydrogen-bond donors (Lipinski definition) is 1. The highest BCUT2D eigenvalue weighted by Crippen LogP contribution is 2.17. The summed E-state index contributed by atoms with van der Waals surface area (Å²) in [5, 5.41) is 7.03. The summed E-state index contributed by atoms with van der Waals surface area (Å²) >= 11 is 5.13. The van der Waals surface area contributed by atoms with Gasteiger partial charge in [-0.3, -0.25) is 4.79 Å². The highest BCUT2D eigenvalue weighted by Gasteiger charge is 2.11. The van der Waals surface area contributed by atoms with Crippen LogP contribution >= 0.6 is 12.2 Å². The van der Waals surface area contributed by atoms with Crippen molar-refractivity contribution in [2.24, 2.45) is 0 Å². The van der Waals surface area contributed by atoms with Crippen molar-refractivity contribution in [3.05, 3.63) is 70.4 Å². The number of nitrogens with zero attached hydrogens (tertiary/aromatic N) is 2. The van der Waals surface area contributed by atoms with Gasteiger partial charge in [-0.15, -0.1) is 5.10 Å². The fourth-order valence-corrected chi connectivity index (χ4v) is 2.63. The van der Waals surface area contributed by atoms with Gasteiger partial charge in [-0.1, -0.05) is 30.3 Å². The van der Waals surface area contributed by atoms with Crippen LogP contribution in [0.25, 0.3) is 0 Å². The Balaban J connectivity index is 1.62. The molecule has 26 heavy (non-hydrogen) atoms. The van der Waals surface area contributed by atoms with Crippen LogP contribution < -0.4 is 10.1 Å². The Morgan fingerprint density at radius 3 is 2.81 bits per heavy atom. The molecule has 1 heterocycles. The summed E-state index contributed by atoms with van der Waals surface area (Å²) in [7, 11) is 0. The van der Waals surface area contributed by atoms with Gasteiger partial charge in [0.25, 0.3) is 10.7 Å². The number of nitrogens with one attached hydrogen (secondary N) is 1. The van der Waals surface area contributed by atoms with Crippen LogP contribution in [0.15, 0.2) is 52.9 Å². The largest absolute Gasteiger partial charge is 0.484 e. The van der Waals surface area contributed by atoms with Crippen molar-refractivity contribution in [1.29, 1.82) is 0 Å². The molecule has 1 amide bonds. The molecule has 0 fully saturated rings. The lowest BCUT2D eigenvalue weighted by Crippen LogP contribution is -2.19. The van der Waals surface area contributed by atoms with Gasteiger partial charge < -0.3 is 14.5 Å². The van der Waals surface area contributed by atoms with Gasteiger partial charge >= 0.3 is 0 Å². The molecule has 6 nitrogen and oxygen atoms in total. The highest BCUT2D eigenvalue weighted by molar-refractivity contribution is 7.71. The van der Waals surface area contributed by atoms with Gasteiger partial charge in [-0.25, -0.2) is 4.68 Å². The van der Waals surface area contributed by atoms with Crippen molar-refractivity contribution in [2.75, 3.05) is 5.32 Å². The Hall–Kier alpha value is -2.93. The molecule has 7 heteroatoms. The Morgan fingerprint density at radius 1 is 1.23 bits per heavy atom. The minimum Gasteiger partial charge on any atom is -0.484 e. The minimum absolute atomic E-state index is 0.0271. The predicted octanol–water partition coefficient (Wildman–Crippen LogP) is 4.04. The average molecular weight is 369 g/mol. The number of hydrogen-bond acceptors (Lipinski definition) is 5. The van der Waals surface area contributed by atoms with Gasteiger partial charge in [0.15, 0.2) is 6.61 Å². The van der Waals surface area contributed by atoms with Crippen LogP contribution in [0.1, 0.15) is 17.0 Å². The lowest BCUT2D eigenvalue weighted by molar-refractivity contribution is -0.117. The summed E-state index contributed by atoms with van der Waals surface area (Å²) in [5.74, 6) is 0.841. The smallest absolute Gasteiger partial charge is 0.287 e. The summed E-state index contributed by atoms with van der Waals surface area (Å²) < 4.78 is 12.4. The number of amides is 1. The molecule has 0 atom stereocenters. The first-order chi connectivity index (χ1) is 12.5. The molecule has 1 aromatic heterocycles. The maximum absolute atomic E-state index is 12.2. The maximum Gasteiger partial charge on any atom is 0.287 e. The van der Waals surface area contributed by atoms with Gasteiger partial charge in [0.05, 0.1) is 0 Å². The van der Waals surface area contributed by atoms with Crippen molar-refractivity contribution >= 4 is 23.8 Å². The quantitative estimate of drug-likeness (QED) is 0.664. The number of carbonyl (C=O) groups excluding carboxylic acids is 1. The topological polar surface area (TPSA) is 69.3 Å². The van der Waals surface area contributed by atoms with E-state index in [-0.39, 0.29) is 23.9 Å². The van der Waals surface area contributed by atoms with Crippen molar-refractivity contribution in [3.63, 3.8) is 0 Å². The first kappa shape index (κ1) is 17.9. The third-order valence-electron chi connectivity index (χ3n) is 3.69. The second-order valence-corrected chi connectivity index (χ2v) is 6.24. The molecule has 0 spiro atoms. The van der Waals surface area contributed by atoms with Crippen LogP contribution in [0.3, 0.4) is 0 Å². The summed E-state index contributed by atoms with van der Waals surface area (Å²) in [6, 6.07) is 15.2. The van der Waals surface area contributed by atoms with E-state index in [1.165, 1.54) is 4.68 Å². The van der Waals surface area contributed by atoms with Crippen molar-refractivity contribution in [2.45, 2.75) is 27.0 Å². The van der Waals surface area contributed by atoms with Crippen LogP contribution in [-0.2, 0) is 17.9 Å². The molecule has 0 saturated carbocycles. The zero-order chi connectivity index (χ0) is 18.5. The van der Waals surface area contributed by atoms with Crippen LogP contribution in [0.4, 0.5) is 5.69 Å². The summed E-state index contributed by atoms with van der Waals surface area (Å²) in [5.41, 5.74) is 2.81. The molecule has 1 N–H and O–H groups in total. The monoisotopic (exact) mass is 369 g/mol. The summed E-state index contributed by atoms with van der Waals surface area (Å²) in [6.07, 6.45) is 0. The molecular formula is C19H19N3O3S. The van der Waals surface area contributed by atoms with Crippen LogP contribution in [0.5, 0.6) is 5.75 Å².